The number of carbonyl (C=O) groups is 2. The number of rotatable bonds is 4. The van der Waals surface area contributed by atoms with E-state index in [0.717, 1.165) is 18.8 Å². The minimum atomic E-state index is -0.871. The average molecular weight is 325 g/mol. The number of aliphatic carboxylic acids is 1. The van der Waals surface area contributed by atoms with Crippen molar-refractivity contribution in [3.8, 4) is 0 Å². The maximum absolute atomic E-state index is 12.5. The molecule has 0 aromatic heterocycles. The van der Waals surface area contributed by atoms with Gasteiger partial charge in [0, 0.05) is 19.5 Å². The molecule has 1 unspecified atom stereocenters. The molecule has 0 aromatic rings. The molecular weight excluding hydrogens is 294 g/mol. The molecular formula is C18H31NO4. The fourth-order valence-electron chi connectivity index (χ4n) is 3.87. The number of ether oxygens (including phenoxy) is 1. The van der Waals surface area contributed by atoms with Crippen molar-refractivity contribution in [1.82, 2.24) is 4.90 Å². The summed E-state index contributed by atoms with van der Waals surface area (Å²) in [5, 5.41) is 8.86. The highest BCUT2D eigenvalue weighted by molar-refractivity contribution is 5.76. The normalized spacial score (nSPS) is 29.3. The highest BCUT2D eigenvalue weighted by Crippen LogP contribution is 2.40. The molecule has 2 rings (SSSR count). The molecule has 132 valence electrons. The van der Waals surface area contributed by atoms with E-state index in [0.29, 0.717) is 37.5 Å². The third-order valence-electron chi connectivity index (χ3n) is 5.43. The number of hydrogen-bond acceptors (Lipinski definition) is 3. The third kappa shape index (κ3) is 5.48. The van der Waals surface area contributed by atoms with Crippen LogP contribution in [0.15, 0.2) is 0 Å². The van der Waals surface area contributed by atoms with Gasteiger partial charge in [-0.15, -0.1) is 0 Å². The van der Waals surface area contributed by atoms with Gasteiger partial charge in [-0.2, -0.15) is 0 Å². The van der Waals surface area contributed by atoms with Crippen molar-refractivity contribution >= 4 is 11.9 Å². The fourth-order valence-corrected chi connectivity index (χ4v) is 3.87. The summed E-state index contributed by atoms with van der Waals surface area (Å²) in [6.45, 7) is 8.37. The Bertz CT molecular complexity index is 421. The number of nitrogens with zero attached hydrogens (tertiary/aromatic N) is 1. The van der Waals surface area contributed by atoms with Crippen molar-refractivity contribution in [3.05, 3.63) is 0 Å². The number of hydrogen-bond donors (Lipinski definition) is 1. The number of morpholine rings is 1. The van der Waals surface area contributed by atoms with Crippen LogP contribution >= 0.6 is 0 Å². The number of amides is 1. The van der Waals surface area contributed by atoms with Crippen LogP contribution in [0, 0.1) is 17.3 Å². The van der Waals surface area contributed by atoms with Gasteiger partial charge in [-0.3, -0.25) is 9.59 Å². The van der Waals surface area contributed by atoms with E-state index < -0.39 is 5.97 Å². The molecule has 0 aromatic carbocycles. The van der Waals surface area contributed by atoms with Crippen LogP contribution in [0.1, 0.15) is 59.3 Å². The Kier molecular flexibility index (Phi) is 6.06. The van der Waals surface area contributed by atoms with Crippen molar-refractivity contribution < 1.29 is 19.4 Å². The number of carboxylic acid groups (broad SMARTS) is 1. The van der Waals surface area contributed by atoms with E-state index in [1.54, 1.807) is 4.90 Å². The third-order valence-corrected chi connectivity index (χ3v) is 5.43. The zero-order valence-electron chi connectivity index (χ0n) is 14.7. The molecule has 5 heteroatoms. The number of carbonyl (C=O) groups excluding carboxylic acids is 1. The summed E-state index contributed by atoms with van der Waals surface area (Å²) < 4.78 is 5.44. The summed E-state index contributed by atoms with van der Waals surface area (Å²) in [5.74, 6) is 0.548. The van der Waals surface area contributed by atoms with E-state index in [4.69, 9.17) is 9.84 Å². The summed E-state index contributed by atoms with van der Waals surface area (Å²) >= 11 is 0. The summed E-state index contributed by atoms with van der Waals surface area (Å²) in [6, 6.07) is 0. The topological polar surface area (TPSA) is 66.8 Å². The summed E-state index contributed by atoms with van der Waals surface area (Å²) in [6.07, 6.45) is 4.92. The first-order valence-electron chi connectivity index (χ1n) is 8.87. The summed E-state index contributed by atoms with van der Waals surface area (Å²) in [7, 11) is 0. The average Bonchev–Trinajstić information content (AvgIpc) is 2.46. The lowest BCUT2D eigenvalue weighted by atomic mass is 9.69. The van der Waals surface area contributed by atoms with E-state index in [2.05, 4.69) is 20.8 Å². The summed E-state index contributed by atoms with van der Waals surface area (Å²) in [5.41, 5.74) is 0.364. The smallest absolute Gasteiger partial charge is 0.306 e. The summed E-state index contributed by atoms with van der Waals surface area (Å²) in [4.78, 5) is 25.1. The van der Waals surface area contributed by atoms with E-state index in [1.165, 1.54) is 12.8 Å². The predicted molar refractivity (Wildman–Crippen MR) is 88.1 cm³/mol. The Morgan fingerprint density at radius 2 is 1.78 bits per heavy atom. The maximum atomic E-state index is 12.5. The van der Waals surface area contributed by atoms with Gasteiger partial charge in [-0.25, -0.2) is 0 Å². The zero-order chi connectivity index (χ0) is 17.0. The second-order valence-corrected chi connectivity index (χ2v) is 8.22. The van der Waals surface area contributed by atoms with Crippen molar-refractivity contribution in [1.29, 1.82) is 0 Å². The highest BCUT2D eigenvalue weighted by atomic mass is 16.5. The van der Waals surface area contributed by atoms with E-state index in [1.807, 2.05) is 0 Å². The van der Waals surface area contributed by atoms with Crippen molar-refractivity contribution in [3.63, 3.8) is 0 Å². The molecule has 2 aliphatic rings. The second kappa shape index (κ2) is 7.65. The van der Waals surface area contributed by atoms with E-state index in [9.17, 15) is 9.59 Å². The van der Waals surface area contributed by atoms with Gasteiger partial charge >= 0.3 is 5.97 Å². The molecule has 0 radical (unpaired) electrons. The van der Waals surface area contributed by atoms with Gasteiger partial charge in [0.25, 0.3) is 0 Å². The molecule has 1 atom stereocenters. The lowest BCUT2D eigenvalue weighted by Gasteiger charge is -2.38. The lowest BCUT2D eigenvalue weighted by molar-refractivity contribution is -0.148. The Morgan fingerprint density at radius 3 is 2.35 bits per heavy atom. The van der Waals surface area contributed by atoms with Gasteiger partial charge in [0.1, 0.15) is 0 Å². The van der Waals surface area contributed by atoms with Gasteiger partial charge in [0.2, 0.25) is 5.91 Å². The molecule has 0 bridgehead atoms. The molecule has 1 aliphatic heterocycles. The zero-order valence-corrected chi connectivity index (χ0v) is 14.7. The maximum Gasteiger partial charge on any atom is 0.306 e. The van der Waals surface area contributed by atoms with Crippen LogP contribution in [0.25, 0.3) is 0 Å². The van der Waals surface area contributed by atoms with Gasteiger partial charge < -0.3 is 14.7 Å². The Labute approximate surface area is 139 Å². The van der Waals surface area contributed by atoms with Crippen molar-refractivity contribution in [2.75, 3.05) is 19.7 Å². The molecule has 2 fully saturated rings. The van der Waals surface area contributed by atoms with E-state index in [-0.39, 0.29) is 18.4 Å². The largest absolute Gasteiger partial charge is 0.481 e. The molecule has 1 saturated carbocycles. The molecule has 5 nitrogen and oxygen atoms in total. The molecule has 1 heterocycles. The fraction of sp³-hybridized carbons (Fsp3) is 0.889. The molecule has 1 amide bonds. The molecule has 23 heavy (non-hydrogen) atoms. The highest BCUT2D eigenvalue weighted by Gasteiger charge is 2.32. The minimum absolute atomic E-state index is 0.0273. The Balaban J connectivity index is 1.77. The van der Waals surface area contributed by atoms with Crippen LogP contribution in [0.2, 0.25) is 0 Å². The van der Waals surface area contributed by atoms with Crippen molar-refractivity contribution in [2.45, 2.75) is 65.4 Å². The van der Waals surface area contributed by atoms with Gasteiger partial charge in [-0.05, 0) is 42.9 Å². The van der Waals surface area contributed by atoms with Crippen LogP contribution in [-0.4, -0.2) is 47.7 Å². The standard InChI is InChI=1S/C18H31NO4/c1-18(2,3)14-6-4-13(5-7-14)10-16(20)19-8-9-23-15(12-19)11-17(21)22/h13-15H,4-12H2,1-3H3,(H,21,22). The van der Waals surface area contributed by atoms with Gasteiger partial charge in [-0.1, -0.05) is 20.8 Å². The van der Waals surface area contributed by atoms with Crippen LogP contribution in [0.3, 0.4) is 0 Å². The molecule has 1 N–H and O–H groups in total. The SMILES string of the molecule is CC(C)(C)C1CCC(CC(=O)N2CCOC(CC(=O)O)C2)CC1. The first kappa shape index (κ1) is 18.2. The lowest BCUT2D eigenvalue weighted by Crippen LogP contribution is -2.46. The van der Waals surface area contributed by atoms with Crippen LogP contribution in [-0.2, 0) is 14.3 Å². The van der Waals surface area contributed by atoms with Gasteiger partial charge in [0.15, 0.2) is 0 Å². The van der Waals surface area contributed by atoms with E-state index >= 15 is 0 Å². The molecule has 0 spiro atoms. The second-order valence-electron chi connectivity index (χ2n) is 8.22. The van der Waals surface area contributed by atoms with Crippen LogP contribution < -0.4 is 0 Å². The quantitative estimate of drug-likeness (QED) is 0.863. The predicted octanol–water partition coefficient (Wildman–Crippen LogP) is 2.93. The number of carboxylic acids is 1. The monoisotopic (exact) mass is 325 g/mol. The minimum Gasteiger partial charge on any atom is -0.481 e. The molecule has 1 saturated heterocycles. The first-order chi connectivity index (χ1) is 10.8. The molecule has 1 aliphatic carbocycles. The van der Waals surface area contributed by atoms with Crippen LogP contribution in [0.4, 0.5) is 0 Å². The Morgan fingerprint density at radius 1 is 1.13 bits per heavy atom. The van der Waals surface area contributed by atoms with Crippen LogP contribution in [0.5, 0.6) is 0 Å². The Hall–Kier alpha value is -1.10. The first-order valence-corrected chi connectivity index (χ1v) is 8.87. The van der Waals surface area contributed by atoms with Gasteiger partial charge in [0.05, 0.1) is 19.1 Å². The van der Waals surface area contributed by atoms with Crippen molar-refractivity contribution in [2.24, 2.45) is 17.3 Å².